The molecule has 0 saturated carbocycles. The van der Waals surface area contributed by atoms with Crippen LogP contribution in [0.4, 0.5) is 0 Å². The molecule has 3 aromatic carbocycles. The second-order valence-corrected chi connectivity index (χ2v) is 7.47. The van der Waals surface area contributed by atoms with Gasteiger partial charge in [-0.1, -0.05) is 48.5 Å². The molecular formula is C27H21N3. The van der Waals surface area contributed by atoms with Crippen molar-refractivity contribution in [3.05, 3.63) is 102 Å². The number of aromatic nitrogens is 3. The summed E-state index contributed by atoms with van der Waals surface area (Å²) in [6.07, 6.45) is 1.83. The fourth-order valence-corrected chi connectivity index (χ4v) is 3.85. The van der Waals surface area contributed by atoms with Gasteiger partial charge in [0.25, 0.3) is 0 Å². The Kier molecular flexibility index (Phi) is 4.56. The fourth-order valence-electron chi connectivity index (χ4n) is 3.85. The molecular weight excluding hydrogens is 366 g/mol. The smallest absolute Gasteiger partial charge is 0.0975 e. The maximum absolute atomic E-state index is 5.05. The van der Waals surface area contributed by atoms with E-state index in [-0.39, 0.29) is 0 Å². The van der Waals surface area contributed by atoms with Crippen LogP contribution >= 0.6 is 0 Å². The van der Waals surface area contributed by atoms with Gasteiger partial charge in [0, 0.05) is 22.9 Å². The van der Waals surface area contributed by atoms with Gasteiger partial charge in [0.05, 0.1) is 28.1 Å². The quantitative estimate of drug-likeness (QED) is 0.348. The minimum atomic E-state index is 0.901. The first kappa shape index (κ1) is 18.2. The van der Waals surface area contributed by atoms with Crippen molar-refractivity contribution in [1.29, 1.82) is 0 Å². The lowest BCUT2D eigenvalue weighted by Gasteiger charge is -2.15. The number of hydrogen-bond acceptors (Lipinski definition) is 3. The summed E-state index contributed by atoms with van der Waals surface area (Å²) in [6, 6.07) is 28.8. The Morgan fingerprint density at radius 1 is 0.567 bits per heavy atom. The standard InChI is InChI=1S/C27H21N3/c1-18-17-22(19(2)16-21(18)23-12-8-9-15-28-23)27-26(20-10-4-3-5-11-20)29-24-13-6-7-14-25(24)30-27/h3-17H,1-2H3. The maximum Gasteiger partial charge on any atom is 0.0975 e. The van der Waals surface area contributed by atoms with E-state index in [1.165, 1.54) is 5.56 Å². The first-order valence-electron chi connectivity index (χ1n) is 10.1. The first-order chi connectivity index (χ1) is 14.7. The van der Waals surface area contributed by atoms with Crippen LogP contribution in [0.2, 0.25) is 0 Å². The Morgan fingerprint density at radius 3 is 1.87 bits per heavy atom. The fraction of sp³-hybridized carbons (Fsp3) is 0.0741. The molecule has 0 amide bonds. The molecule has 0 spiro atoms. The van der Waals surface area contributed by atoms with Crippen molar-refractivity contribution >= 4 is 11.0 Å². The highest BCUT2D eigenvalue weighted by Gasteiger charge is 2.17. The Labute approximate surface area is 176 Å². The van der Waals surface area contributed by atoms with Crippen LogP contribution in [0.3, 0.4) is 0 Å². The Bertz CT molecular complexity index is 1340. The second-order valence-electron chi connectivity index (χ2n) is 7.47. The van der Waals surface area contributed by atoms with E-state index in [9.17, 15) is 0 Å². The zero-order valence-electron chi connectivity index (χ0n) is 17.0. The molecule has 30 heavy (non-hydrogen) atoms. The molecule has 0 fully saturated rings. The molecule has 0 saturated heterocycles. The molecule has 0 bridgehead atoms. The summed E-state index contributed by atoms with van der Waals surface area (Å²) in [4.78, 5) is 14.6. The molecule has 3 nitrogen and oxygen atoms in total. The minimum absolute atomic E-state index is 0.901. The van der Waals surface area contributed by atoms with Gasteiger partial charge in [-0.25, -0.2) is 9.97 Å². The third-order valence-electron chi connectivity index (χ3n) is 5.39. The molecule has 2 aromatic heterocycles. The Morgan fingerprint density at radius 2 is 1.17 bits per heavy atom. The van der Waals surface area contributed by atoms with Gasteiger partial charge in [0.1, 0.15) is 0 Å². The summed E-state index contributed by atoms with van der Waals surface area (Å²) < 4.78 is 0. The molecule has 0 N–H and O–H groups in total. The number of rotatable bonds is 3. The lowest BCUT2D eigenvalue weighted by atomic mass is 9.94. The summed E-state index contributed by atoms with van der Waals surface area (Å²) in [7, 11) is 0. The van der Waals surface area contributed by atoms with E-state index in [1.54, 1.807) is 0 Å². The van der Waals surface area contributed by atoms with E-state index in [2.05, 4.69) is 43.1 Å². The predicted octanol–water partition coefficient (Wildman–Crippen LogP) is 6.64. The molecule has 144 valence electrons. The van der Waals surface area contributed by atoms with E-state index < -0.39 is 0 Å². The maximum atomic E-state index is 5.05. The number of aryl methyl sites for hydroxylation is 2. The highest BCUT2D eigenvalue weighted by atomic mass is 14.8. The van der Waals surface area contributed by atoms with Crippen molar-refractivity contribution in [2.24, 2.45) is 0 Å². The van der Waals surface area contributed by atoms with Crippen molar-refractivity contribution < 1.29 is 0 Å². The van der Waals surface area contributed by atoms with Crippen LogP contribution < -0.4 is 0 Å². The van der Waals surface area contributed by atoms with Crippen LogP contribution in [0.5, 0.6) is 0 Å². The van der Waals surface area contributed by atoms with Crippen molar-refractivity contribution in [2.45, 2.75) is 13.8 Å². The number of nitrogens with zero attached hydrogens (tertiary/aromatic N) is 3. The van der Waals surface area contributed by atoms with Crippen molar-refractivity contribution in [1.82, 2.24) is 15.0 Å². The minimum Gasteiger partial charge on any atom is -0.256 e. The van der Waals surface area contributed by atoms with Gasteiger partial charge in [0.2, 0.25) is 0 Å². The van der Waals surface area contributed by atoms with E-state index in [0.717, 1.165) is 50.4 Å². The number of fused-ring (bicyclic) bond motifs is 1. The van der Waals surface area contributed by atoms with Crippen LogP contribution in [0.25, 0.3) is 44.8 Å². The van der Waals surface area contributed by atoms with Crippen LogP contribution in [0.1, 0.15) is 11.1 Å². The SMILES string of the molecule is Cc1cc(-c2nc3ccccc3nc2-c2ccccc2)c(C)cc1-c1ccccn1. The zero-order valence-corrected chi connectivity index (χ0v) is 17.0. The van der Waals surface area contributed by atoms with E-state index >= 15 is 0 Å². The summed E-state index contributed by atoms with van der Waals surface area (Å²) in [6.45, 7) is 4.26. The molecule has 0 aliphatic rings. The van der Waals surface area contributed by atoms with Crippen molar-refractivity contribution in [2.75, 3.05) is 0 Å². The second kappa shape index (κ2) is 7.53. The molecule has 0 radical (unpaired) electrons. The molecule has 0 unspecified atom stereocenters. The van der Waals surface area contributed by atoms with Crippen LogP contribution in [0, 0.1) is 13.8 Å². The lowest BCUT2D eigenvalue weighted by molar-refractivity contribution is 1.26. The third kappa shape index (κ3) is 3.25. The van der Waals surface area contributed by atoms with Crippen LogP contribution in [0.15, 0.2) is 91.1 Å². The van der Waals surface area contributed by atoms with Gasteiger partial charge in [-0.05, 0) is 61.4 Å². The molecule has 0 atom stereocenters. The molecule has 2 heterocycles. The Balaban J connectivity index is 1.76. The summed E-state index contributed by atoms with van der Waals surface area (Å²) >= 11 is 0. The van der Waals surface area contributed by atoms with Gasteiger partial charge in [0.15, 0.2) is 0 Å². The van der Waals surface area contributed by atoms with Gasteiger partial charge < -0.3 is 0 Å². The number of para-hydroxylation sites is 2. The third-order valence-corrected chi connectivity index (χ3v) is 5.39. The first-order valence-corrected chi connectivity index (χ1v) is 10.1. The number of hydrogen-bond donors (Lipinski definition) is 0. The van der Waals surface area contributed by atoms with E-state index in [4.69, 9.17) is 9.97 Å². The van der Waals surface area contributed by atoms with Gasteiger partial charge in [-0.3, -0.25) is 4.98 Å². The summed E-state index contributed by atoms with van der Waals surface area (Å²) in [5.74, 6) is 0. The average molecular weight is 387 g/mol. The highest BCUT2D eigenvalue weighted by Crippen LogP contribution is 2.35. The number of pyridine rings is 1. The van der Waals surface area contributed by atoms with Crippen molar-refractivity contribution in [3.63, 3.8) is 0 Å². The molecule has 3 heteroatoms. The number of benzene rings is 3. The van der Waals surface area contributed by atoms with Gasteiger partial charge in [-0.15, -0.1) is 0 Å². The van der Waals surface area contributed by atoms with Crippen LogP contribution in [-0.4, -0.2) is 15.0 Å². The topological polar surface area (TPSA) is 38.7 Å². The van der Waals surface area contributed by atoms with Crippen molar-refractivity contribution in [3.8, 4) is 33.8 Å². The Hall–Kier alpha value is -3.85. The van der Waals surface area contributed by atoms with Gasteiger partial charge in [-0.2, -0.15) is 0 Å². The summed E-state index contributed by atoms with van der Waals surface area (Å²) in [5.41, 5.74) is 10.2. The highest BCUT2D eigenvalue weighted by molar-refractivity contribution is 5.88. The molecule has 0 aliphatic carbocycles. The average Bonchev–Trinajstić information content (AvgIpc) is 2.80. The predicted molar refractivity (Wildman–Crippen MR) is 123 cm³/mol. The largest absolute Gasteiger partial charge is 0.256 e. The zero-order chi connectivity index (χ0) is 20.5. The van der Waals surface area contributed by atoms with Gasteiger partial charge >= 0.3 is 0 Å². The lowest BCUT2D eigenvalue weighted by Crippen LogP contribution is -1.98. The summed E-state index contributed by atoms with van der Waals surface area (Å²) in [5, 5.41) is 0. The van der Waals surface area contributed by atoms with E-state index in [1.807, 2.05) is 66.9 Å². The molecule has 0 aliphatic heterocycles. The van der Waals surface area contributed by atoms with Crippen LogP contribution in [-0.2, 0) is 0 Å². The van der Waals surface area contributed by atoms with E-state index in [0.29, 0.717) is 0 Å². The monoisotopic (exact) mass is 387 g/mol. The molecule has 5 rings (SSSR count). The normalized spacial score (nSPS) is 11.0. The molecule has 5 aromatic rings.